The van der Waals surface area contributed by atoms with Crippen LogP contribution < -0.4 is 15.4 Å². The Morgan fingerprint density at radius 1 is 0.765 bits per heavy atom. The molecule has 3 aromatic rings. The maximum absolute atomic E-state index is 12.9. The molecule has 0 spiro atoms. The van der Waals surface area contributed by atoms with Crippen molar-refractivity contribution in [2.75, 3.05) is 30.8 Å². The highest BCUT2D eigenvalue weighted by Crippen LogP contribution is 2.20. The number of rotatable bonds is 9. The minimum atomic E-state index is -0.170. The van der Waals surface area contributed by atoms with E-state index in [4.69, 9.17) is 4.74 Å². The highest BCUT2D eigenvalue weighted by Gasteiger charge is 2.17. The first-order valence-corrected chi connectivity index (χ1v) is 11.3. The second-order valence-electron chi connectivity index (χ2n) is 8.59. The van der Waals surface area contributed by atoms with Crippen molar-refractivity contribution in [3.05, 3.63) is 88.5 Å². The molecule has 0 radical (unpaired) electrons. The molecule has 0 saturated carbocycles. The van der Waals surface area contributed by atoms with Gasteiger partial charge < -0.3 is 15.4 Å². The van der Waals surface area contributed by atoms with Gasteiger partial charge in [-0.05, 0) is 79.8 Å². The number of carbonyl (C=O) groups is 2. The number of ether oxygens (including phenoxy) is 1. The van der Waals surface area contributed by atoms with E-state index < -0.39 is 0 Å². The fourth-order valence-corrected chi connectivity index (χ4v) is 3.76. The molecule has 0 atom stereocenters. The molecule has 6 nitrogen and oxygen atoms in total. The number of amides is 2. The molecule has 3 rings (SSSR count). The molecule has 0 aliphatic carbocycles. The molecule has 2 N–H and O–H groups in total. The van der Waals surface area contributed by atoms with Crippen molar-refractivity contribution >= 4 is 23.2 Å². The van der Waals surface area contributed by atoms with Gasteiger partial charge in [-0.2, -0.15) is 0 Å². The lowest BCUT2D eigenvalue weighted by molar-refractivity contribution is -0.120. The molecule has 0 unspecified atom stereocenters. The van der Waals surface area contributed by atoms with Crippen LogP contribution in [-0.4, -0.2) is 36.9 Å². The van der Waals surface area contributed by atoms with Gasteiger partial charge in [-0.3, -0.25) is 14.5 Å². The van der Waals surface area contributed by atoms with Gasteiger partial charge in [0.15, 0.2) is 0 Å². The highest BCUT2D eigenvalue weighted by atomic mass is 16.5. The molecule has 0 bridgehead atoms. The van der Waals surface area contributed by atoms with E-state index in [1.54, 1.807) is 7.11 Å². The van der Waals surface area contributed by atoms with E-state index in [0.717, 1.165) is 44.9 Å². The van der Waals surface area contributed by atoms with Crippen molar-refractivity contribution < 1.29 is 14.3 Å². The molecule has 0 saturated heterocycles. The molecular weight excluding hydrogens is 426 g/mol. The molecule has 2 amide bonds. The Balaban J connectivity index is 1.75. The first-order chi connectivity index (χ1) is 16.3. The van der Waals surface area contributed by atoms with Gasteiger partial charge in [0.1, 0.15) is 5.75 Å². The molecule has 178 valence electrons. The monoisotopic (exact) mass is 459 g/mol. The zero-order valence-electron chi connectivity index (χ0n) is 20.6. The Labute approximate surface area is 201 Å². The summed E-state index contributed by atoms with van der Waals surface area (Å²) >= 11 is 0. The Kier molecular flexibility index (Phi) is 8.44. The Morgan fingerprint density at radius 3 is 1.76 bits per heavy atom. The second-order valence-corrected chi connectivity index (χ2v) is 8.59. The van der Waals surface area contributed by atoms with Crippen molar-refractivity contribution in [3.63, 3.8) is 0 Å². The van der Waals surface area contributed by atoms with E-state index in [1.165, 1.54) is 0 Å². The average Bonchev–Trinajstić information content (AvgIpc) is 2.80. The lowest BCUT2D eigenvalue weighted by atomic mass is 10.1. The average molecular weight is 460 g/mol. The highest BCUT2D eigenvalue weighted by molar-refractivity contribution is 5.95. The van der Waals surface area contributed by atoms with Gasteiger partial charge in [0.25, 0.3) is 0 Å². The second kappa shape index (κ2) is 11.5. The van der Waals surface area contributed by atoms with Crippen LogP contribution in [0.1, 0.15) is 27.8 Å². The van der Waals surface area contributed by atoms with Gasteiger partial charge in [0.05, 0.1) is 20.2 Å². The van der Waals surface area contributed by atoms with Crippen LogP contribution in [0.2, 0.25) is 0 Å². The molecule has 34 heavy (non-hydrogen) atoms. The number of hydrogen-bond acceptors (Lipinski definition) is 4. The zero-order chi connectivity index (χ0) is 24.7. The van der Waals surface area contributed by atoms with Gasteiger partial charge >= 0.3 is 0 Å². The predicted octanol–water partition coefficient (Wildman–Crippen LogP) is 5.01. The van der Waals surface area contributed by atoms with E-state index in [9.17, 15) is 9.59 Å². The molecule has 0 aromatic heterocycles. The van der Waals surface area contributed by atoms with Gasteiger partial charge in [-0.1, -0.05) is 36.4 Å². The topological polar surface area (TPSA) is 70.7 Å². The summed E-state index contributed by atoms with van der Waals surface area (Å²) in [7, 11) is 1.62. The first-order valence-electron chi connectivity index (χ1n) is 11.3. The number of nitrogens with zero attached hydrogens (tertiary/aromatic N) is 1. The smallest absolute Gasteiger partial charge is 0.238 e. The van der Waals surface area contributed by atoms with Crippen molar-refractivity contribution in [3.8, 4) is 5.75 Å². The molecular formula is C28H33N3O3. The third-order valence-corrected chi connectivity index (χ3v) is 6.03. The summed E-state index contributed by atoms with van der Waals surface area (Å²) in [5.74, 6) is 0.393. The lowest BCUT2D eigenvalue weighted by Crippen LogP contribution is -2.38. The normalized spacial score (nSPS) is 10.8. The SMILES string of the molecule is COc1cccc(CN(CC(=O)Nc2cccc(C)c2C)CC(=O)Nc2cccc(C)c2C)c1. The maximum atomic E-state index is 12.9. The van der Waals surface area contributed by atoms with Crippen molar-refractivity contribution in [1.82, 2.24) is 4.90 Å². The molecule has 0 fully saturated rings. The van der Waals surface area contributed by atoms with E-state index in [2.05, 4.69) is 10.6 Å². The van der Waals surface area contributed by atoms with Crippen LogP contribution in [0.4, 0.5) is 11.4 Å². The van der Waals surface area contributed by atoms with Crippen LogP contribution in [-0.2, 0) is 16.1 Å². The Hall–Kier alpha value is -3.64. The lowest BCUT2D eigenvalue weighted by Gasteiger charge is -2.22. The number of aryl methyl sites for hydroxylation is 2. The van der Waals surface area contributed by atoms with Crippen LogP contribution in [0, 0.1) is 27.7 Å². The third-order valence-electron chi connectivity index (χ3n) is 6.03. The summed E-state index contributed by atoms with van der Waals surface area (Å²) in [6.45, 7) is 8.57. The van der Waals surface area contributed by atoms with Crippen LogP contribution in [0.15, 0.2) is 60.7 Å². The summed E-state index contributed by atoms with van der Waals surface area (Å²) in [4.78, 5) is 27.7. The van der Waals surface area contributed by atoms with E-state index in [1.807, 2.05) is 93.3 Å². The van der Waals surface area contributed by atoms with Gasteiger partial charge in [0, 0.05) is 17.9 Å². The molecule has 0 aliphatic heterocycles. The van der Waals surface area contributed by atoms with Gasteiger partial charge in [-0.15, -0.1) is 0 Å². The summed E-state index contributed by atoms with van der Waals surface area (Å²) < 4.78 is 5.33. The van der Waals surface area contributed by atoms with Crippen LogP contribution in [0.5, 0.6) is 5.75 Å². The fraction of sp³-hybridized carbons (Fsp3) is 0.286. The maximum Gasteiger partial charge on any atom is 0.238 e. The molecule has 0 heterocycles. The number of benzene rings is 3. The first kappa shape index (κ1) is 25.0. The van der Waals surface area contributed by atoms with Crippen LogP contribution in [0.3, 0.4) is 0 Å². The fourth-order valence-electron chi connectivity index (χ4n) is 3.76. The van der Waals surface area contributed by atoms with Gasteiger partial charge in [-0.25, -0.2) is 0 Å². The number of carbonyl (C=O) groups excluding carboxylic acids is 2. The number of nitrogens with one attached hydrogen (secondary N) is 2. The summed E-state index contributed by atoms with van der Waals surface area (Å²) in [5.41, 5.74) is 6.80. The van der Waals surface area contributed by atoms with Crippen molar-refractivity contribution in [1.29, 1.82) is 0 Å². The standard InChI is InChI=1S/C28H33N3O3/c1-19-9-6-13-25(21(19)3)29-27(32)17-31(16-23-11-8-12-24(15-23)34-5)18-28(33)30-26-14-7-10-20(2)22(26)4/h6-15H,16-18H2,1-5H3,(H,29,32)(H,30,33). The predicted molar refractivity (Wildman–Crippen MR) is 137 cm³/mol. The molecule has 3 aromatic carbocycles. The number of anilines is 2. The number of hydrogen-bond donors (Lipinski definition) is 2. The van der Waals surface area contributed by atoms with Crippen molar-refractivity contribution in [2.45, 2.75) is 34.2 Å². The van der Waals surface area contributed by atoms with Crippen LogP contribution in [0.25, 0.3) is 0 Å². The largest absolute Gasteiger partial charge is 0.497 e. The van der Waals surface area contributed by atoms with Crippen LogP contribution >= 0.6 is 0 Å². The Morgan fingerprint density at radius 2 is 1.26 bits per heavy atom. The zero-order valence-corrected chi connectivity index (χ0v) is 20.6. The minimum Gasteiger partial charge on any atom is -0.497 e. The van der Waals surface area contributed by atoms with Crippen molar-refractivity contribution in [2.24, 2.45) is 0 Å². The van der Waals surface area contributed by atoms with Gasteiger partial charge in [0.2, 0.25) is 11.8 Å². The molecule has 0 aliphatic rings. The summed E-state index contributed by atoms with van der Waals surface area (Å²) in [5, 5.41) is 5.98. The van der Waals surface area contributed by atoms with E-state index >= 15 is 0 Å². The molecule has 6 heteroatoms. The van der Waals surface area contributed by atoms with E-state index in [0.29, 0.717) is 6.54 Å². The summed E-state index contributed by atoms with van der Waals surface area (Å²) in [6.07, 6.45) is 0. The minimum absolute atomic E-state index is 0.0742. The third kappa shape index (κ3) is 6.68. The summed E-state index contributed by atoms with van der Waals surface area (Å²) in [6, 6.07) is 19.3. The number of methoxy groups -OCH3 is 1. The quantitative estimate of drug-likeness (QED) is 0.472. The Bertz CT molecular complexity index is 1110. The van der Waals surface area contributed by atoms with E-state index in [-0.39, 0.29) is 24.9 Å².